The summed E-state index contributed by atoms with van der Waals surface area (Å²) in [6.07, 6.45) is -4.07. The average molecular weight is 308 g/mol. The summed E-state index contributed by atoms with van der Waals surface area (Å²) >= 11 is 3.29. The summed E-state index contributed by atoms with van der Waals surface area (Å²) in [6.45, 7) is 0.403. The molecule has 2 rings (SSSR count). The summed E-state index contributed by atoms with van der Waals surface area (Å²) in [6, 6.07) is 4.82. The fourth-order valence-corrected chi connectivity index (χ4v) is 2.33. The predicted molar refractivity (Wildman–Crippen MR) is 61.1 cm³/mol. The normalized spacial score (nSPS) is 21.1. The molecule has 2 nitrogen and oxygen atoms in total. The number of hydrogen-bond acceptors (Lipinski definition) is 1. The monoisotopic (exact) mass is 307 g/mol. The van der Waals surface area contributed by atoms with Crippen LogP contribution < -0.4 is 4.90 Å². The van der Waals surface area contributed by atoms with Crippen molar-refractivity contribution in [2.75, 3.05) is 11.4 Å². The number of halogens is 4. The molecular formula is C11H9BrF3NO. The van der Waals surface area contributed by atoms with E-state index in [9.17, 15) is 18.0 Å². The highest BCUT2D eigenvalue weighted by Crippen LogP contribution is 2.33. The first-order chi connectivity index (χ1) is 7.88. The molecule has 1 amide bonds. The summed E-state index contributed by atoms with van der Waals surface area (Å²) in [5, 5.41) is 0. The van der Waals surface area contributed by atoms with E-state index in [1.165, 1.54) is 17.0 Å². The van der Waals surface area contributed by atoms with Gasteiger partial charge in [-0.05, 0) is 18.2 Å². The van der Waals surface area contributed by atoms with Gasteiger partial charge in [0.15, 0.2) is 0 Å². The Kier molecular flexibility index (Phi) is 3.16. The van der Waals surface area contributed by atoms with E-state index in [1.54, 1.807) is 0 Å². The Bertz CT molecular complexity index is 447. The van der Waals surface area contributed by atoms with Crippen molar-refractivity contribution >= 4 is 27.5 Å². The summed E-state index contributed by atoms with van der Waals surface area (Å²) in [5.74, 6) is -0.161. The van der Waals surface area contributed by atoms with Crippen LogP contribution in [-0.2, 0) is 11.0 Å². The van der Waals surface area contributed by atoms with Gasteiger partial charge < -0.3 is 4.90 Å². The molecule has 1 unspecified atom stereocenters. The van der Waals surface area contributed by atoms with Gasteiger partial charge in [-0.25, -0.2) is 0 Å². The molecule has 1 aromatic rings. The molecule has 0 aliphatic carbocycles. The van der Waals surface area contributed by atoms with Gasteiger partial charge in [0.2, 0.25) is 5.91 Å². The van der Waals surface area contributed by atoms with E-state index < -0.39 is 11.7 Å². The highest BCUT2D eigenvalue weighted by Gasteiger charge is 2.33. The standard InChI is InChI=1S/C11H9BrF3NO/c12-8-5-10(17)16(6-8)9-3-1-2-7(4-9)11(13,14)15/h1-4,8H,5-6H2. The average Bonchev–Trinajstić information content (AvgIpc) is 2.57. The highest BCUT2D eigenvalue weighted by molar-refractivity contribution is 9.09. The van der Waals surface area contributed by atoms with Gasteiger partial charge in [-0.2, -0.15) is 13.2 Å². The van der Waals surface area contributed by atoms with E-state index in [2.05, 4.69) is 15.9 Å². The number of carbonyl (C=O) groups excluding carboxylic acids is 1. The van der Waals surface area contributed by atoms with Gasteiger partial charge in [0.25, 0.3) is 0 Å². The van der Waals surface area contributed by atoms with Crippen molar-refractivity contribution < 1.29 is 18.0 Å². The molecule has 0 saturated carbocycles. The fourth-order valence-electron chi connectivity index (χ4n) is 1.76. The van der Waals surface area contributed by atoms with Crippen molar-refractivity contribution in [3.8, 4) is 0 Å². The second-order valence-electron chi connectivity index (χ2n) is 3.85. The summed E-state index contributed by atoms with van der Waals surface area (Å²) in [4.78, 5) is 12.9. The van der Waals surface area contributed by atoms with Gasteiger partial charge >= 0.3 is 6.18 Å². The van der Waals surface area contributed by atoms with Crippen LogP contribution in [0, 0.1) is 0 Å². The number of rotatable bonds is 1. The van der Waals surface area contributed by atoms with Crippen LogP contribution in [-0.4, -0.2) is 17.3 Å². The van der Waals surface area contributed by atoms with Crippen LogP contribution >= 0.6 is 15.9 Å². The Balaban J connectivity index is 2.31. The van der Waals surface area contributed by atoms with Crippen molar-refractivity contribution in [1.82, 2.24) is 0 Å². The number of alkyl halides is 4. The van der Waals surface area contributed by atoms with Crippen molar-refractivity contribution in [1.29, 1.82) is 0 Å². The molecule has 92 valence electrons. The molecule has 1 fully saturated rings. The van der Waals surface area contributed by atoms with Crippen LogP contribution in [0.4, 0.5) is 18.9 Å². The number of carbonyl (C=O) groups is 1. The van der Waals surface area contributed by atoms with Gasteiger partial charge in [-0.3, -0.25) is 4.79 Å². The Morgan fingerprint density at radius 3 is 2.59 bits per heavy atom. The predicted octanol–water partition coefficient (Wildman–Crippen LogP) is 3.21. The van der Waals surface area contributed by atoms with Crippen LogP contribution in [0.2, 0.25) is 0 Å². The lowest BCUT2D eigenvalue weighted by molar-refractivity contribution is -0.137. The van der Waals surface area contributed by atoms with Crippen LogP contribution in [0.25, 0.3) is 0 Å². The molecule has 6 heteroatoms. The van der Waals surface area contributed by atoms with E-state index in [4.69, 9.17) is 0 Å². The minimum Gasteiger partial charge on any atom is -0.311 e. The zero-order valence-electron chi connectivity index (χ0n) is 8.67. The van der Waals surface area contributed by atoms with E-state index in [0.29, 0.717) is 18.7 Å². The molecule has 0 bridgehead atoms. The topological polar surface area (TPSA) is 20.3 Å². The van der Waals surface area contributed by atoms with Gasteiger partial charge in [-0.15, -0.1) is 0 Å². The molecule has 1 saturated heterocycles. The number of nitrogens with zero attached hydrogens (tertiary/aromatic N) is 1. The number of hydrogen-bond donors (Lipinski definition) is 0. The molecule has 17 heavy (non-hydrogen) atoms. The van der Waals surface area contributed by atoms with Crippen LogP contribution in [0.15, 0.2) is 24.3 Å². The lowest BCUT2D eigenvalue weighted by Crippen LogP contribution is -2.24. The van der Waals surface area contributed by atoms with Crippen LogP contribution in [0.5, 0.6) is 0 Å². The molecule has 1 atom stereocenters. The van der Waals surface area contributed by atoms with Gasteiger partial charge in [0.1, 0.15) is 0 Å². The number of anilines is 1. The third kappa shape index (κ3) is 2.62. The summed E-state index contributed by atoms with van der Waals surface area (Å²) in [5.41, 5.74) is -0.437. The van der Waals surface area contributed by atoms with Crippen molar-refractivity contribution in [2.45, 2.75) is 17.4 Å². The third-order valence-corrected chi connectivity index (χ3v) is 3.18. The maximum atomic E-state index is 12.5. The first kappa shape index (κ1) is 12.4. The first-order valence-electron chi connectivity index (χ1n) is 4.99. The number of benzene rings is 1. The molecule has 0 spiro atoms. The van der Waals surface area contributed by atoms with E-state index >= 15 is 0 Å². The number of amides is 1. The minimum absolute atomic E-state index is 0.00421. The van der Waals surface area contributed by atoms with Crippen LogP contribution in [0.1, 0.15) is 12.0 Å². The summed E-state index contributed by atoms with van der Waals surface area (Å²) in [7, 11) is 0. The first-order valence-corrected chi connectivity index (χ1v) is 5.91. The fraction of sp³-hybridized carbons (Fsp3) is 0.364. The molecule has 1 aliphatic heterocycles. The Labute approximate surface area is 105 Å². The lowest BCUT2D eigenvalue weighted by Gasteiger charge is -2.17. The van der Waals surface area contributed by atoms with E-state index in [1.807, 2.05) is 0 Å². The van der Waals surface area contributed by atoms with E-state index in [0.717, 1.165) is 12.1 Å². The molecular weight excluding hydrogens is 299 g/mol. The van der Waals surface area contributed by atoms with Crippen molar-refractivity contribution in [3.63, 3.8) is 0 Å². The SMILES string of the molecule is O=C1CC(Br)CN1c1cccc(C(F)(F)F)c1. The highest BCUT2D eigenvalue weighted by atomic mass is 79.9. The molecule has 1 heterocycles. The Hall–Kier alpha value is -1.04. The van der Waals surface area contributed by atoms with Gasteiger partial charge in [-0.1, -0.05) is 22.0 Å². The van der Waals surface area contributed by atoms with Gasteiger partial charge in [0, 0.05) is 23.5 Å². The summed E-state index contributed by atoms with van der Waals surface area (Å²) < 4.78 is 37.5. The van der Waals surface area contributed by atoms with Gasteiger partial charge in [0.05, 0.1) is 5.56 Å². The molecule has 1 aliphatic rings. The Morgan fingerprint density at radius 2 is 2.06 bits per heavy atom. The quantitative estimate of drug-likeness (QED) is 0.730. The smallest absolute Gasteiger partial charge is 0.311 e. The minimum atomic E-state index is -4.38. The van der Waals surface area contributed by atoms with Crippen LogP contribution in [0.3, 0.4) is 0 Å². The molecule has 0 aromatic heterocycles. The maximum Gasteiger partial charge on any atom is 0.416 e. The molecule has 1 aromatic carbocycles. The zero-order valence-corrected chi connectivity index (χ0v) is 10.3. The second-order valence-corrected chi connectivity index (χ2v) is 5.15. The van der Waals surface area contributed by atoms with Crippen molar-refractivity contribution in [2.24, 2.45) is 0 Å². The third-order valence-electron chi connectivity index (χ3n) is 2.56. The van der Waals surface area contributed by atoms with Crippen molar-refractivity contribution in [3.05, 3.63) is 29.8 Å². The Morgan fingerprint density at radius 1 is 1.35 bits per heavy atom. The maximum absolute atomic E-state index is 12.5. The largest absolute Gasteiger partial charge is 0.416 e. The molecule has 0 N–H and O–H groups in total. The second kappa shape index (κ2) is 4.33. The molecule has 0 radical (unpaired) electrons. The zero-order chi connectivity index (χ0) is 12.6. The van der Waals surface area contributed by atoms with E-state index in [-0.39, 0.29) is 10.7 Å². The lowest BCUT2D eigenvalue weighted by atomic mass is 10.2.